The monoisotopic (exact) mass is 218 g/mol. The van der Waals surface area contributed by atoms with Gasteiger partial charge in [0.05, 0.1) is 6.61 Å². The molecule has 0 spiro atoms. The Morgan fingerprint density at radius 1 is 1.56 bits per heavy atom. The maximum absolute atomic E-state index is 9.03. The standard InChI is InChI=1S/C11H14N4O/c12-8-9-4-5-13-11(14-9)15(6-7-16)10-2-1-3-10/h4-5,10,16H,1-3,6-7H2. The molecular formula is C11H14N4O. The van der Waals surface area contributed by atoms with Crippen LogP contribution >= 0.6 is 0 Å². The molecule has 1 heterocycles. The van der Waals surface area contributed by atoms with E-state index in [9.17, 15) is 0 Å². The van der Waals surface area contributed by atoms with Crippen LogP contribution < -0.4 is 4.90 Å². The maximum atomic E-state index is 9.03. The van der Waals surface area contributed by atoms with Crippen molar-refractivity contribution in [3.05, 3.63) is 18.0 Å². The zero-order chi connectivity index (χ0) is 11.4. The second-order valence-electron chi connectivity index (χ2n) is 3.86. The number of aromatic nitrogens is 2. The summed E-state index contributed by atoms with van der Waals surface area (Å²) in [6, 6.07) is 4.00. The van der Waals surface area contributed by atoms with E-state index in [1.165, 1.54) is 6.42 Å². The van der Waals surface area contributed by atoms with Crippen LogP contribution in [-0.4, -0.2) is 34.3 Å². The Hall–Kier alpha value is -1.67. The zero-order valence-electron chi connectivity index (χ0n) is 9.00. The van der Waals surface area contributed by atoms with Crippen molar-refractivity contribution < 1.29 is 5.11 Å². The Morgan fingerprint density at radius 3 is 2.94 bits per heavy atom. The van der Waals surface area contributed by atoms with Crippen LogP contribution in [0.4, 0.5) is 5.95 Å². The van der Waals surface area contributed by atoms with Gasteiger partial charge in [-0.05, 0) is 25.3 Å². The molecule has 0 aliphatic heterocycles. The molecule has 2 rings (SSSR count). The first kappa shape index (κ1) is 10.8. The molecule has 1 fully saturated rings. The first-order valence-corrected chi connectivity index (χ1v) is 5.46. The molecule has 0 saturated heterocycles. The van der Waals surface area contributed by atoms with Crippen LogP contribution in [0.15, 0.2) is 12.3 Å². The minimum Gasteiger partial charge on any atom is -0.395 e. The van der Waals surface area contributed by atoms with Crippen molar-refractivity contribution in [2.75, 3.05) is 18.1 Å². The number of hydrogen-bond acceptors (Lipinski definition) is 5. The van der Waals surface area contributed by atoms with E-state index in [1.807, 2.05) is 11.0 Å². The number of rotatable bonds is 4. The van der Waals surface area contributed by atoms with Crippen LogP contribution in [0.1, 0.15) is 25.0 Å². The summed E-state index contributed by atoms with van der Waals surface area (Å²) in [5.41, 5.74) is 0.368. The van der Waals surface area contributed by atoms with Crippen LogP contribution in [0.5, 0.6) is 0 Å². The molecule has 1 saturated carbocycles. The molecule has 0 bridgehead atoms. The number of hydrogen-bond donors (Lipinski definition) is 1. The molecule has 84 valence electrons. The summed E-state index contributed by atoms with van der Waals surface area (Å²) in [7, 11) is 0. The summed E-state index contributed by atoms with van der Waals surface area (Å²) in [5, 5.41) is 17.8. The van der Waals surface area contributed by atoms with Crippen LogP contribution in [0, 0.1) is 11.3 Å². The molecule has 16 heavy (non-hydrogen) atoms. The Balaban J connectivity index is 2.20. The molecule has 0 radical (unpaired) electrons. The lowest BCUT2D eigenvalue weighted by molar-refractivity contribution is 0.282. The quantitative estimate of drug-likeness (QED) is 0.805. The van der Waals surface area contributed by atoms with Crippen molar-refractivity contribution in [3.8, 4) is 6.07 Å². The van der Waals surface area contributed by atoms with E-state index >= 15 is 0 Å². The van der Waals surface area contributed by atoms with E-state index in [-0.39, 0.29) is 6.61 Å². The number of aliphatic hydroxyl groups excluding tert-OH is 1. The van der Waals surface area contributed by atoms with Gasteiger partial charge in [-0.25, -0.2) is 9.97 Å². The van der Waals surface area contributed by atoms with Crippen LogP contribution in [0.25, 0.3) is 0 Å². The third kappa shape index (κ3) is 2.12. The average molecular weight is 218 g/mol. The van der Waals surface area contributed by atoms with Crippen LogP contribution in [-0.2, 0) is 0 Å². The first-order valence-electron chi connectivity index (χ1n) is 5.46. The van der Waals surface area contributed by atoms with E-state index in [2.05, 4.69) is 9.97 Å². The van der Waals surface area contributed by atoms with Gasteiger partial charge in [0.2, 0.25) is 5.95 Å². The second kappa shape index (κ2) is 4.90. The maximum Gasteiger partial charge on any atom is 0.226 e. The van der Waals surface area contributed by atoms with Gasteiger partial charge in [0.15, 0.2) is 0 Å². The van der Waals surface area contributed by atoms with Crippen LogP contribution in [0.2, 0.25) is 0 Å². The summed E-state index contributed by atoms with van der Waals surface area (Å²) >= 11 is 0. The number of nitrogens with zero attached hydrogens (tertiary/aromatic N) is 4. The van der Waals surface area contributed by atoms with Crippen LogP contribution in [0.3, 0.4) is 0 Å². The van der Waals surface area contributed by atoms with Gasteiger partial charge < -0.3 is 10.0 Å². The fourth-order valence-electron chi connectivity index (χ4n) is 1.80. The van der Waals surface area contributed by atoms with Gasteiger partial charge in [0.1, 0.15) is 11.8 Å². The topological polar surface area (TPSA) is 73.0 Å². The van der Waals surface area contributed by atoms with Crippen molar-refractivity contribution in [2.45, 2.75) is 25.3 Å². The molecule has 0 amide bonds. The Labute approximate surface area is 94.4 Å². The second-order valence-corrected chi connectivity index (χ2v) is 3.86. The Morgan fingerprint density at radius 2 is 2.38 bits per heavy atom. The molecule has 0 aromatic carbocycles. The SMILES string of the molecule is N#Cc1ccnc(N(CCO)C2CCC2)n1. The predicted octanol–water partition coefficient (Wildman–Crippen LogP) is 0.699. The molecule has 1 aromatic heterocycles. The molecule has 5 nitrogen and oxygen atoms in total. The highest BCUT2D eigenvalue weighted by atomic mass is 16.3. The van der Waals surface area contributed by atoms with Gasteiger partial charge >= 0.3 is 0 Å². The van der Waals surface area contributed by atoms with Crippen molar-refractivity contribution in [2.24, 2.45) is 0 Å². The molecule has 5 heteroatoms. The fraction of sp³-hybridized carbons (Fsp3) is 0.545. The van der Waals surface area contributed by atoms with E-state index in [0.717, 1.165) is 12.8 Å². The summed E-state index contributed by atoms with van der Waals surface area (Å²) < 4.78 is 0. The minimum atomic E-state index is 0.0800. The van der Waals surface area contributed by atoms with Crippen molar-refractivity contribution in [1.29, 1.82) is 5.26 Å². The molecular weight excluding hydrogens is 204 g/mol. The van der Waals surface area contributed by atoms with E-state index in [1.54, 1.807) is 12.3 Å². The summed E-state index contributed by atoms with van der Waals surface area (Å²) in [6.45, 7) is 0.607. The lowest BCUT2D eigenvalue weighted by Crippen LogP contribution is -2.43. The predicted molar refractivity (Wildman–Crippen MR) is 58.8 cm³/mol. The number of anilines is 1. The Kier molecular flexibility index (Phi) is 3.32. The van der Waals surface area contributed by atoms with E-state index in [4.69, 9.17) is 10.4 Å². The zero-order valence-corrected chi connectivity index (χ0v) is 9.00. The van der Waals surface area contributed by atoms with Gasteiger partial charge in [0.25, 0.3) is 0 Å². The van der Waals surface area contributed by atoms with Crippen molar-refractivity contribution in [1.82, 2.24) is 9.97 Å². The molecule has 0 unspecified atom stereocenters. The smallest absolute Gasteiger partial charge is 0.226 e. The molecule has 0 atom stereocenters. The van der Waals surface area contributed by atoms with Gasteiger partial charge in [-0.2, -0.15) is 5.26 Å². The lowest BCUT2D eigenvalue weighted by atomic mass is 9.92. The molecule has 1 aliphatic rings. The fourth-order valence-corrected chi connectivity index (χ4v) is 1.80. The number of nitriles is 1. The normalized spacial score (nSPS) is 15.2. The average Bonchev–Trinajstić information content (AvgIpc) is 2.26. The van der Waals surface area contributed by atoms with Crippen molar-refractivity contribution in [3.63, 3.8) is 0 Å². The van der Waals surface area contributed by atoms with Crippen molar-refractivity contribution >= 4 is 5.95 Å². The summed E-state index contributed by atoms with van der Waals surface area (Å²) in [6.07, 6.45) is 5.02. The van der Waals surface area contributed by atoms with Gasteiger partial charge in [0, 0.05) is 18.8 Å². The third-order valence-electron chi connectivity index (χ3n) is 2.87. The first-order chi connectivity index (χ1) is 7.85. The highest BCUT2D eigenvalue weighted by molar-refractivity contribution is 5.35. The highest BCUT2D eigenvalue weighted by Gasteiger charge is 2.26. The number of aliphatic hydroxyl groups is 1. The molecule has 1 N–H and O–H groups in total. The molecule has 1 aliphatic carbocycles. The lowest BCUT2D eigenvalue weighted by Gasteiger charge is -2.37. The highest BCUT2D eigenvalue weighted by Crippen LogP contribution is 2.27. The summed E-state index contributed by atoms with van der Waals surface area (Å²) in [4.78, 5) is 10.3. The van der Waals surface area contributed by atoms with Gasteiger partial charge in [-0.3, -0.25) is 0 Å². The van der Waals surface area contributed by atoms with E-state index < -0.39 is 0 Å². The largest absolute Gasteiger partial charge is 0.395 e. The van der Waals surface area contributed by atoms with Gasteiger partial charge in [-0.15, -0.1) is 0 Å². The summed E-state index contributed by atoms with van der Waals surface area (Å²) in [5.74, 6) is 0.554. The molecule has 1 aromatic rings. The minimum absolute atomic E-state index is 0.0800. The Bertz CT molecular complexity index is 397. The van der Waals surface area contributed by atoms with Gasteiger partial charge in [-0.1, -0.05) is 0 Å². The third-order valence-corrected chi connectivity index (χ3v) is 2.87. The van der Waals surface area contributed by atoms with E-state index in [0.29, 0.717) is 24.2 Å².